The summed E-state index contributed by atoms with van der Waals surface area (Å²) in [6, 6.07) is 8.51. The molecule has 31 heavy (non-hydrogen) atoms. The number of hydrogen-bond acceptors (Lipinski definition) is 4. The number of benzene rings is 1. The van der Waals surface area contributed by atoms with Gasteiger partial charge in [-0.05, 0) is 61.7 Å². The van der Waals surface area contributed by atoms with E-state index in [-0.39, 0.29) is 29.7 Å². The van der Waals surface area contributed by atoms with E-state index in [1.165, 1.54) is 29.5 Å². The van der Waals surface area contributed by atoms with Crippen molar-refractivity contribution in [1.29, 1.82) is 0 Å². The number of carbonyl (C=O) groups excluding carboxylic acids is 3. The van der Waals surface area contributed by atoms with Crippen LogP contribution in [0.25, 0.3) is 0 Å². The van der Waals surface area contributed by atoms with Gasteiger partial charge in [0.2, 0.25) is 5.91 Å². The van der Waals surface area contributed by atoms with E-state index in [2.05, 4.69) is 10.6 Å². The van der Waals surface area contributed by atoms with Crippen LogP contribution in [0, 0.1) is 11.7 Å². The second-order valence-electron chi connectivity index (χ2n) is 7.89. The maximum atomic E-state index is 13.5. The molecule has 2 heterocycles. The molecule has 1 aromatic heterocycles. The highest BCUT2D eigenvalue weighted by molar-refractivity contribution is 7.12. The number of nitrogens with one attached hydrogen (secondary N) is 2. The monoisotopic (exact) mass is 445 g/mol. The van der Waals surface area contributed by atoms with Gasteiger partial charge in [0.25, 0.3) is 11.8 Å². The van der Waals surface area contributed by atoms with Crippen molar-refractivity contribution in [2.24, 2.45) is 5.92 Å². The third-order valence-electron chi connectivity index (χ3n) is 5.68. The van der Waals surface area contributed by atoms with Crippen molar-refractivity contribution in [3.05, 3.63) is 58.0 Å². The third-order valence-corrected chi connectivity index (χ3v) is 6.55. The lowest BCUT2D eigenvalue weighted by Crippen LogP contribution is -2.55. The van der Waals surface area contributed by atoms with Gasteiger partial charge in [-0.25, -0.2) is 4.39 Å². The number of piperidine rings is 1. The maximum absolute atomic E-state index is 13.5. The molecule has 1 aliphatic rings. The summed E-state index contributed by atoms with van der Waals surface area (Å²) >= 11 is 1.33. The zero-order chi connectivity index (χ0) is 22.4. The SMILES string of the molecule is CCC(C)NC(=O)C(NC(=O)c1cccs1)C1CCN(C(=O)c2cccc(F)c2)CC1. The molecule has 1 saturated heterocycles. The van der Waals surface area contributed by atoms with Crippen LogP contribution < -0.4 is 10.6 Å². The number of thiophene rings is 1. The topological polar surface area (TPSA) is 78.5 Å². The highest BCUT2D eigenvalue weighted by Gasteiger charge is 2.34. The van der Waals surface area contributed by atoms with Crippen molar-refractivity contribution in [2.45, 2.75) is 45.2 Å². The molecule has 0 bridgehead atoms. The first-order chi connectivity index (χ1) is 14.9. The highest BCUT2D eigenvalue weighted by atomic mass is 32.1. The van der Waals surface area contributed by atoms with Crippen LogP contribution in [0.15, 0.2) is 41.8 Å². The average Bonchev–Trinajstić information content (AvgIpc) is 3.32. The summed E-state index contributed by atoms with van der Waals surface area (Å²) in [5, 5.41) is 7.70. The maximum Gasteiger partial charge on any atom is 0.262 e. The van der Waals surface area contributed by atoms with E-state index in [9.17, 15) is 18.8 Å². The molecule has 0 radical (unpaired) electrons. The summed E-state index contributed by atoms with van der Waals surface area (Å²) in [7, 11) is 0. The van der Waals surface area contributed by atoms with Crippen molar-refractivity contribution in [3.63, 3.8) is 0 Å². The molecule has 1 aromatic carbocycles. The van der Waals surface area contributed by atoms with Gasteiger partial charge in [-0.15, -0.1) is 11.3 Å². The predicted molar refractivity (Wildman–Crippen MR) is 118 cm³/mol. The standard InChI is InChI=1S/C23H28FN3O3S/c1-3-15(2)25-22(29)20(26-21(28)19-8-5-13-31-19)16-9-11-27(12-10-16)23(30)17-6-4-7-18(24)14-17/h4-8,13-16,20H,3,9-12H2,1-2H3,(H,25,29)(H,26,28). The Morgan fingerprint density at radius 3 is 2.52 bits per heavy atom. The van der Waals surface area contributed by atoms with Gasteiger partial charge in [-0.1, -0.05) is 19.1 Å². The fourth-order valence-corrected chi connectivity index (χ4v) is 4.32. The third kappa shape index (κ3) is 5.91. The minimum Gasteiger partial charge on any atom is -0.352 e. The molecule has 0 saturated carbocycles. The van der Waals surface area contributed by atoms with Gasteiger partial charge < -0.3 is 15.5 Å². The number of nitrogens with zero attached hydrogens (tertiary/aromatic N) is 1. The lowest BCUT2D eigenvalue weighted by atomic mass is 9.88. The van der Waals surface area contributed by atoms with Crippen LogP contribution >= 0.6 is 11.3 Å². The first-order valence-corrected chi connectivity index (χ1v) is 11.5. The van der Waals surface area contributed by atoms with Crippen LogP contribution in [0.3, 0.4) is 0 Å². The minimum atomic E-state index is -0.671. The number of hydrogen-bond donors (Lipinski definition) is 2. The molecule has 3 amide bonds. The Bertz CT molecular complexity index is 911. The normalized spacial score (nSPS) is 16.4. The largest absolute Gasteiger partial charge is 0.352 e. The zero-order valence-corrected chi connectivity index (χ0v) is 18.6. The molecule has 166 valence electrons. The van der Waals surface area contributed by atoms with Gasteiger partial charge in [-0.2, -0.15) is 0 Å². The summed E-state index contributed by atoms with van der Waals surface area (Å²) < 4.78 is 13.5. The Morgan fingerprint density at radius 2 is 1.90 bits per heavy atom. The van der Waals surface area contributed by atoms with E-state index in [1.807, 2.05) is 19.2 Å². The molecule has 2 aromatic rings. The lowest BCUT2D eigenvalue weighted by molar-refractivity contribution is -0.125. The van der Waals surface area contributed by atoms with Crippen molar-refractivity contribution < 1.29 is 18.8 Å². The second kappa shape index (κ2) is 10.5. The van der Waals surface area contributed by atoms with Crippen molar-refractivity contribution in [1.82, 2.24) is 15.5 Å². The number of halogens is 1. The number of rotatable bonds is 7. The molecule has 0 aliphatic carbocycles. The zero-order valence-electron chi connectivity index (χ0n) is 17.8. The molecule has 2 atom stereocenters. The smallest absolute Gasteiger partial charge is 0.262 e. The van der Waals surface area contributed by atoms with Gasteiger partial charge in [0.1, 0.15) is 11.9 Å². The van der Waals surface area contributed by atoms with E-state index in [0.717, 1.165) is 6.42 Å². The fourth-order valence-electron chi connectivity index (χ4n) is 3.69. The summed E-state index contributed by atoms with van der Waals surface area (Å²) in [5.74, 6) is -1.23. The quantitative estimate of drug-likeness (QED) is 0.685. The fraction of sp³-hybridized carbons (Fsp3) is 0.435. The van der Waals surface area contributed by atoms with E-state index >= 15 is 0 Å². The van der Waals surface area contributed by atoms with Crippen LogP contribution in [0.4, 0.5) is 4.39 Å². The van der Waals surface area contributed by atoms with E-state index < -0.39 is 11.9 Å². The predicted octanol–water partition coefficient (Wildman–Crippen LogP) is 3.45. The lowest BCUT2D eigenvalue weighted by Gasteiger charge is -2.36. The van der Waals surface area contributed by atoms with Crippen LogP contribution in [0.5, 0.6) is 0 Å². The molecule has 6 nitrogen and oxygen atoms in total. The summed E-state index contributed by atoms with van der Waals surface area (Å²) in [6.07, 6.45) is 1.94. The molecule has 2 unspecified atom stereocenters. The van der Waals surface area contributed by atoms with Gasteiger partial charge in [0.05, 0.1) is 4.88 Å². The Hall–Kier alpha value is -2.74. The van der Waals surface area contributed by atoms with E-state index in [4.69, 9.17) is 0 Å². The molecule has 2 N–H and O–H groups in total. The second-order valence-corrected chi connectivity index (χ2v) is 8.83. The van der Waals surface area contributed by atoms with Crippen molar-refractivity contribution >= 4 is 29.1 Å². The Labute approximate surface area is 185 Å². The molecular weight excluding hydrogens is 417 g/mol. The van der Waals surface area contributed by atoms with E-state index in [1.54, 1.807) is 23.1 Å². The Balaban J connectivity index is 1.67. The highest BCUT2D eigenvalue weighted by Crippen LogP contribution is 2.23. The summed E-state index contributed by atoms with van der Waals surface area (Å²) in [5.41, 5.74) is 0.315. The van der Waals surface area contributed by atoms with E-state index in [0.29, 0.717) is 36.4 Å². The minimum absolute atomic E-state index is 0.00304. The van der Waals surface area contributed by atoms with Gasteiger partial charge in [0, 0.05) is 24.7 Å². The molecule has 1 aliphatic heterocycles. The Morgan fingerprint density at radius 1 is 1.16 bits per heavy atom. The Kier molecular flexibility index (Phi) is 7.79. The summed E-state index contributed by atoms with van der Waals surface area (Å²) in [4.78, 5) is 40.5. The van der Waals surface area contributed by atoms with Crippen molar-refractivity contribution in [2.75, 3.05) is 13.1 Å². The average molecular weight is 446 g/mol. The van der Waals surface area contributed by atoms with Gasteiger partial charge in [0.15, 0.2) is 0 Å². The number of amides is 3. The van der Waals surface area contributed by atoms with Crippen molar-refractivity contribution in [3.8, 4) is 0 Å². The first-order valence-electron chi connectivity index (χ1n) is 10.6. The molecule has 1 fully saturated rings. The van der Waals surface area contributed by atoms with Crippen LogP contribution in [0.2, 0.25) is 0 Å². The van der Waals surface area contributed by atoms with Crippen LogP contribution in [-0.2, 0) is 4.79 Å². The van der Waals surface area contributed by atoms with Crippen LogP contribution in [0.1, 0.15) is 53.1 Å². The molecule has 0 spiro atoms. The number of carbonyl (C=O) groups is 3. The summed E-state index contributed by atoms with van der Waals surface area (Å²) in [6.45, 7) is 4.81. The van der Waals surface area contributed by atoms with Crippen LogP contribution in [-0.4, -0.2) is 47.8 Å². The molecular formula is C23H28FN3O3S. The molecule has 8 heteroatoms. The van der Waals surface area contributed by atoms with Gasteiger partial charge in [-0.3, -0.25) is 14.4 Å². The first kappa shape index (κ1) is 22.9. The number of likely N-dealkylation sites (tertiary alicyclic amines) is 1. The van der Waals surface area contributed by atoms with Gasteiger partial charge >= 0.3 is 0 Å². The molecule has 3 rings (SSSR count).